The monoisotopic (exact) mass is 420 g/mol. The first kappa shape index (κ1) is 19.6. The van der Waals surface area contributed by atoms with E-state index in [2.05, 4.69) is 4.98 Å². The molecule has 146 valence electrons. The van der Waals surface area contributed by atoms with Gasteiger partial charge in [-0.3, -0.25) is 0 Å². The molecule has 0 aliphatic rings. The van der Waals surface area contributed by atoms with Crippen LogP contribution in [0.3, 0.4) is 0 Å². The molecule has 0 N–H and O–H groups in total. The third-order valence-corrected chi connectivity index (χ3v) is 7.65. The molecule has 0 amide bonds. The lowest BCUT2D eigenvalue weighted by molar-refractivity contribution is 0.540. The van der Waals surface area contributed by atoms with Crippen LogP contribution in [0.2, 0.25) is 0 Å². The lowest BCUT2D eigenvalue weighted by Gasteiger charge is -2.21. The van der Waals surface area contributed by atoms with Gasteiger partial charge in [0.2, 0.25) is 0 Å². The SMILES string of the molecule is Cc1ccc(S(=O)(=O)N(Cc2ccc3ccccc3c2)Sc2ccccn2)cc1. The van der Waals surface area contributed by atoms with E-state index in [1.54, 1.807) is 18.3 Å². The zero-order valence-electron chi connectivity index (χ0n) is 15.9. The van der Waals surface area contributed by atoms with Gasteiger partial charge in [-0.2, -0.15) is 0 Å². The predicted molar refractivity (Wildman–Crippen MR) is 118 cm³/mol. The number of aromatic nitrogens is 1. The molecule has 0 atom stereocenters. The zero-order valence-corrected chi connectivity index (χ0v) is 17.5. The molecule has 1 heterocycles. The summed E-state index contributed by atoms with van der Waals surface area (Å²) in [5, 5.41) is 2.84. The van der Waals surface area contributed by atoms with Crippen LogP contribution in [0.5, 0.6) is 0 Å². The highest BCUT2D eigenvalue weighted by molar-refractivity contribution is 8.08. The molecule has 4 nitrogen and oxygen atoms in total. The molecule has 6 heteroatoms. The molecule has 29 heavy (non-hydrogen) atoms. The molecule has 3 aromatic carbocycles. The number of pyridine rings is 1. The number of nitrogens with zero attached hydrogens (tertiary/aromatic N) is 2. The minimum atomic E-state index is -3.71. The Kier molecular flexibility index (Phi) is 5.67. The van der Waals surface area contributed by atoms with Crippen molar-refractivity contribution >= 4 is 32.7 Å². The van der Waals surface area contributed by atoms with Crippen LogP contribution in [0.4, 0.5) is 0 Å². The second-order valence-corrected chi connectivity index (χ2v) is 9.85. The fraction of sp³-hybridized carbons (Fsp3) is 0.0870. The molecule has 0 fully saturated rings. The highest BCUT2D eigenvalue weighted by Gasteiger charge is 2.26. The molecule has 0 aliphatic carbocycles. The third-order valence-electron chi connectivity index (χ3n) is 4.55. The van der Waals surface area contributed by atoms with Gasteiger partial charge < -0.3 is 0 Å². The van der Waals surface area contributed by atoms with E-state index in [0.29, 0.717) is 5.03 Å². The van der Waals surface area contributed by atoms with Gasteiger partial charge in [0.1, 0.15) is 5.03 Å². The van der Waals surface area contributed by atoms with Gasteiger partial charge in [0.05, 0.1) is 11.4 Å². The Morgan fingerprint density at radius 3 is 2.31 bits per heavy atom. The van der Waals surface area contributed by atoms with Gasteiger partial charge in [-0.25, -0.2) is 13.4 Å². The number of hydrogen-bond acceptors (Lipinski definition) is 4. The van der Waals surface area contributed by atoms with Crippen molar-refractivity contribution in [3.05, 3.63) is 102 Å². The van der Waals surface area contributed by atoms with Crippen molar-refractivity contribution in [2.45, 2.75) is 23.4 Å². The van der Waals surface area contributed by atoms with Crippen molar-refractivity contribution < 1.29 is 8.42 Å². The second-order valence-electron chi connectivity index (χ2n) is 6.72. The molecule has 4 rings (SSSR count). The highest BCUT2D eigenvalue weighted by atomic mass is 32.3. The van der Waals surface area contributed by atoms with Gasteiger partial charge in [0, 0.05) is 6.20 Å². The lowest BCUT2D eigenvalue weighted by atomic mass is 10.1. The van der Waals surface area contributed by atoms with Crippen LogP contribution in [0.25, 0.3) is 10.8 Å². The van der Waals surface area contributed by atoms with Crippen LogP contribution in [0.15, 0.2) is 101 Å². The van der Waals surface area contributed by atoms with E-state index in [9.17, 15) is 8.42 Å². The number of rotatable bonds is 6. The van der Waals surface area contributed by atoms with E-state index in [4.69, 9.17) is 0 Å². The van der Waals surface area contributed by atoms with Crippen molar-refractivity contribution in [1.29, 1.82) is 0 Å². The van der Waals surface area contributed by atoms with E-state index < -0.39 is 10.0 Å². The number of sulfonamides is 1. The molecule has 0 bridgehead atoms. The van der Waals surface area contributed by atoms with Crippen LogP contribution in [0.1, 0.15) is 11.1 Å². The van der Waals surface area contributed by atoms with E-state index in [1.807, 2.05) is 79.7 Å². The van der Waals surface area contributed by atoms with Crippen molar-refractivity contribution in [1.82, 2.24) is 8.69 Å². The lowest BCUT2D eigenvalue weighted by Crippen LogP contribution is -2.24. The van der Waals surface area contributed by atoms with Gasteiger partial charge >= 0.3 is 0 Å². The summed E-state index contributed by atoms with van der Waals surface area (Å²) in [5.41, 5.74) is 1.94. The van der Waals surface area contributed by atoms with Gasteiger partial charge in [-0.15, -0.1) is 3.71 Å². The van der Waals surface area contributed by atoms with E-state index in [-0.39, 0.29) is 11.4 Å². The first-order valence-electron chi connectivity index (χ1n) is 9.18. The normalized spacial score (nSPS) is 11.8. The maximum atomic E-state index is 13.4. The summed E-state index contributed by atoms with van der Waals surface area (Å²) in [7, 11) is -3.71. The summed E-state index contributed by atoms with van der Waals surface area (Å²) >= 11 is 1.13. The molecule has 0 saturated heterocycles. The van der Waals surface area contributed by atoms with Crippen LogP contribution < -0.4 is 0 Å². The van der Waals surface area contributed by atoms with Crippen LogP contribution in [0, 0.1) is 6.92 Å². The molecular formula is C23H20N2O2S2. The Bertz CT molecular complexity index is 1220. The van der Waals surface area contributed by atoms with Gasteiger partial charge in [0.25, 0.3) is 10.0 Å². The van der Waals surface area contributed by atoms with Gasteiger partial charge in [-0.05, 0) is 65.5 Å². The molecule has 1 aromatic heterocycles. The summed E-state index contributed by atoms with van der Waals surface area (Å²) in [4.78, 5) is 4.56. The summed E-state index contributed by atoms with van der Waals surface area (Å²) < 4.78 is 28.2. The van der Waals surface area contributed by atoms with Crippen molar-refractivity contribution in [2.75, 3.05) is 0 Å². The zero-order chi connectivity index (χ0) is 20.3. The maximum Gasteiger partial charge on any atom is 0.252 e. The minimum Gasteiger partial charge on any atom is -0.249 e. The number of aryl methyl sites for hydroxylation is 1. The minimum absolute atomic E-state index is 0.238. The average Bonchev–Trinajstić information content (AvgIpc) is 2.74. The maximum absolute atomic E-state index is 13.4. The first-order chi connectivity index (χ1) is 14.0. The molecule has 0 unspecified atom stereocenters. The molecule has 4 aromatic rings. The number of hydrogen-bond donors (Lipinski definition) is 0. The predicted octanol–water partition coefficient (Wildman–Crippen LogP) is 5.44. The van der Waals surface area contributed by atoms with Crippen LogP contribution in [-0.4, -0.2) is 17.1 Å². The Hall–Kier alpha value is -2.67. The fourth-order valence-corrected chi connectivity index (χ4v) is 5.57. The molecule has 0 radical (unpaired) electrons. The van der Waals surface area contributed by atoms with Crippen LogP contribution in [-0.2, 0) is 16.6 Å². The summed E-state index contributed by atoms with van der Waals surface area (Å²) in [6.07, 6.45) is 1.66. The molecule has 0 saturated carbocycles. The summed E-state index contributed by atoms with van der Waals surface area (Å²) in [5.74, 6) is 0. The number of benzene rings is 3. The quantitative estimate of drug-likeness (QED) is 0.390. The smallest absolute Gasteiger partial charge is 0.249 e. The van der Waals surface area contributed by atoms with Gasteiger partial charge in [-0.1, -0.05) is 60.2 Å². The van der Waals surface area contributed by atoms with E-state index >= 15 is 0 Å². The molecular weight excluding hydrogens is 400 g/mol. The summed E-state index contributed by atoms with van der Waals surface area (Å²) in [6, 6.07) is 26.5. The topological polar surface area (TPSA) is 50.3 Å². The average molecular weight is 421 g/mol. The van der Waals surface area contributed by atoms with Gasteiger partial charge in [0.15, 0.2) is 0 Å². The highest BCUT2D eigenvalue weighted by Crippen LogP contribution is 2.31. The Labute approximate surface area is 175 Å². The molecule has 0 spiro atoms. The molecule has 0 aliphatic heterocycles. The van der Waals surface area contributed by atoms with Crippen molar-refractivity contribution in [3.63, 3.8) is 0 Å². The Morgan fingerprint density at radius 2 is 1.59 bits per heavy atom. The van der Waals surface area contributed by atoms with Crippen molar-refractivity contribution in [3.8, 4) is 0 Å². The first-order valence-corrected chi connectivity index (χ1v) is 11.4. The third kappa shape index (κ3) is 4.50. The fourth-order valence-electron chi connectivity index (χ4n) is 2.99. The van der Waals surface area contributed by atoms with Crippen LogP contribution >= 0.6 is 11.9 Å². The van der Waals surface area contributed by atoms with Crippen molar-refractivity contribution in [2.24, 2.45) is 0 Å². The van der Waals surface area contributed by atoms with E-state index in [1.165, 1.54) is 3.71 Å². The van der Waals surface area contributed by atoms with E-state index in [0.717, 1.165) is 33.8 Å². The standard InChI is InChI=1S/C23H20N2O2S2/c1-18-9-13-22(14-10-18)29(26,27)25(28-23-8-4-5-15-24-23)17-19-11-12-20-6-2-3-7-21(20)16-19/h2-16H,17H2,1H3. The Balaban J connectivity index is 1.71. The number of fused-ring (bicyclic) bond motifs is 1. The Morgan fingerprint density at radius 1 is 0.862 bits per heavy atom. The second kappa shape index (κ2) is 8.37. The summed E-state index contributed by atoms with van der Waals surface area (Å²) in [6.45, 7) is 2.17. The largest absolute Gasteiger partial charge is 0.252 e.